The lowest BCUT2D eigenvalue weighted by Gasteiger charge is -2.06. The van der Waals surface area contributed by atoms with E-state index >= 15 is 0 Å². The van der Waals surface area contributed by atoms with Crippen LogP contribution in [0, 0.1) is 0 Å². The predicted octanol–water partition coefficient (Wildman–Crippen LogP) is 0.587. The van der Waals surface area contributed by atoms with Crippen molar-refractivity contribution in [3.8, 4) is 0 Å². The highest BCUT2D eigenvalue weighted by Crippen LogP contribution is 1.95. The summed E-state index contributed by atoms with van der Waals surface area (Å²) >= 11 is 0. The lowest BCUT2D eigenvalue weighted by Crippen LogP contribution is -2.28. The molecule has 0 bridgehead atoms. The van der Waals surface area contributed by atoms with Gasteiger partial charge in [-0.25, -0.2) is 13.1 Å². The van der Waals surface area contributed by atoms with Crippen LogP contribution < -0.4 is 4.72 Å². The quantitative estimate of drug-likeness (QED) is 0.534. The Morgan fingerprint density at radius 3 is 2.59 bits per heavy atom. The zero-order valence-corrected chi connectivity index (χ0v) is 11.0. The molecule has 0 aliphatic rings. The number of aliphatic carboxylic acids is 1. The standard InChI is InChI=1S/C10H21NO5S/c1-2-7-16-8-4-6-11-17(14,15)9-3-5-10(12)13/h11H,2-9H2,1H3,(H,12,13). The molecule has 0 saturated carbocycles. The first-order valence-corrected chi connectivity index (χ1v) is 7.40. The van der Waals surface area contributed by atoms with E-state index in [-0.39, 0.29) is 18.6 Å². The van der Waals surface area contributed by atoms with Crippen molar-refractivity contribution in [3.63, 3.8) is 0 Å². The molecule has 0 amide bonds. The van der Waals surface area contributed by atoms with Crippen molar-refractivity contribution in [2.75, 3.05) is 25.5 Å². The van der Waals surface area contributed by atoms with Gasteiger partial charge in [0.15, 0.2) is 0 Å². The fourth-order valence-electron chi connectivity index (χ4n) is 1.13. The van der Waals surface area contributed by atoms with Crippen LogP contribution in [0.4, 0.5) is 0 Å². The first-order chi connectivity index (χ1) is 7.98. The Morgan fingerprint density at radius 1 is 1.29 bits per heavy atom. The number of hydrogen-bond donors (Lipinski definition) is 2. The SMILES string of the molecule is CCCOCCCNS(=O)(=O)CCCC(=O)O. The molecule has 0 spiro atoms. The summed E-state index contributed by atoms with van der Waals surface area (Å²) in [4.78, 5) is 10.2. The largest absolute Gasteiger partial charge is 0.481 e. The molecule has 0 aromatic rings. The van der Waals surface area contributed by atoms with Crippen molar-refractivity contribution in [1.82, 2.24) is 4.72 Å². The van der Waals surface area contributed by atoms with E-state index in [0.29, 0.717) is 26.2 Å². The second-order valence-electron chi connectivity index (χ2n) is 3.68. The molecule has 0 aromatic heterocycles. The fraction of sp³-hybridized carbons (Fsp3) is 0.900. The molecular weight excluding hydrogens is 246 g/mol. The summed E-state index contributed by atoms with van der Waals surface area (Å²) < 4.78 is 30.3. The highest BCUT2D eigenvalue weighted by molar-refractivity contribution is 7.89. The predicted molar refractivity (Wildman–Crippen MR) is 64.4 cm³/mol. The lowest BCUT2D eigenvalue weighted by molar-refractivity contribution is -0.137. The number of sulfonamides is 1. The number of carbonyl (C=O) groups is 1. The average molecular weight is 267 g/mol. The van der Waals surface area contributed by atoms with Gasteiger partial charge in [-0.05, 0) is 19.3 Å². The Bertz CT molecular complexity index is 302. The Hall–Kier alpha value is -0.660. The molecule has 0 aliphatic heterocycles. The average Bonchev–Trinajstić information content (AvgIpc) is 2.22. The minimum Gasteiger partial charge on any atom is -0.481 e. The zero-order chi connectivity index (χ0) is 13.1. The van der Waals surface area contributed by atoms with Gasteiger partial charge < -0.3 is 9.84 Å². The van der Waals surface area contributed by atoms with Crippen LogP contribution in [0.2, 0.25) is 0 Å². The van der Waals surface area contributed by atoms with Crippen LogP contribution in [0.5, 0.6) is 0 Å². The maximum Gasteiger partial charge on any atom is 0.303 e. The second kappa shape index (κ2) is 9.38. The van der Waals surface area contributed by atoms with E-state index in [2.05, 4.69) is 4.72 Å². The number of hydrogen-bond acceptors (Lipinski definition) is 4. The van der Waals surface area contributed by atoms with Crippen LogP contribution >= 0.6 is 0 Å². The molecule has 0 rings (SSSR count). The number of carboxylic acid groups (broad SMARTS) is 1. The Kier molecular flexibility index (Phi) is 9.01. The fourth-order valence-corrected chi connectivity index (χ4v) is 2.26. The van der Waals surface area contributed by atoms with E-state index in [1.807, 2.05) is 6.92 Å². The number of ether oxygens (including phenoxy) is 1. The number of rotatable bonds is 11. The molecule has 0 unspecified atom stereocenters. The first kappa shape index (κ1) is 16.3. The Morgan fingerprint density at radius 2 is 2.00 bits per heavy atom. The van der Waals surface area contributed by atoms with E-state index in [9.17, 15) is 13.2 Å². The zero-order valence-electron chi connectivity index (χ0n) is 10.1. The second-order valence-corrected chi connectivity index (χ2v) is 5.60. The highest BCUT2D eigenvalue weighted by atomic mass is 32.2. The van der Waals surface area contributed by atoms with Crippen LogP contribution in [0.1, 0.15) is 32.6 Å². The molecule has 0 heterocycles. The monoisotopic (exact) mass is 267 g/mol. The molecule has 2 N–H and O–H groups in total. The first-order valence-electron chi connectivity index (χ1n) is 5.75. The molecule has 0 saturated heterocycles. The lowest BCUT2D eigenvalue weighted by atomic mass is 10.3. The van der Waals surface area contributed by atoms with Crippen LogP contribution in [-0.4, -0.2) is 45.0 Å². The van der Waals surface area contributed by atoms with Gasteiger partial charge >= 0.3 is 5.97 Å². The van der Waals surface area contributed by atoms with Gasteiger partial charge in [0, 0.05) is 26.2 Å². The Labute approximate surface area is 102 Å². The summed E-state index contributed by atoms with van der Waals surface area (Å²) in [6.07, 6.45) is 1.58. The third-order valence-electron chi connectivity index (χ3n) is 1.94. The molecule has 0 atom stereocenters. The molecule has 0 aliphatic carbocycles. The minimum atomic E-state index is -3.34. The van der Waals surface area contributed by atoms with E-state index in [0.717, 1.165) is 6.42 Å². The molecule has 7 heteroatoms. The van der Waals surface area contributed by atoms with Gasteiger partial charge in [-0.15, -0.1) is 0 Å². The molecule has 17 heavy (non-hydrogen) atoms. The van der Waals surface area contributed by atoms with Gasteiger partial charge in [-0.1, -0.05) is 6.92 Å². The molecule has 0 aromatic carbocycles. The van der Waals surface area contributed by atoms with Gasteiger partial charge in [-0.2, -0.15) is 0 Å². The van der Waals surface area contributed by atoms with Crippen molar-refractivity contribution in [3.05, 3.63) is 0 Å². The third kappa shape index (κ3) is 11.6. The summed E-state index contributed by atoms with van der Waals surface area (Å²) in [5, 5.41) is 8.38. The van der Waals surface area contributed by atoms with Crippen molar-refractivity contribution < 1.29 is 23.1 Å². The maximum absolute atomic E-state index is 11.4. The van der Waals surface area contributed by atoms with Crippen molar-refractivity contribution >= 4 is 16.0 Å². The maximum atomic E-state index is 11.4. The normalized spacial score (nSPS) is 11.6. The van der Waals surface area contributed by atoms with Crippen LogP contribution in [0.25, 0.3) is 0 Å². The summed E-state index contributed by atoms with van der Waals surface area (Å²) in [6, 6.07) is 0. The number of carboxylic acids is 1. The molecule has 0 fully saturated rings. The number of nitrogens with one attached hydrogen (secondary N) is 1. The summed E-state index contributed by atoms with van der Waals surface area (Å²) in [6.45, 7) is 3.56. The van der Waals surface area contributed by atoms with E-state index in [4.69, 9.17) is 9.84 Å². The smallest absolute Gasteiger partial charge is 0.303 e. The van der Waals surface area contributed by atoms with Crippen LogP contribution in [0.15, 0.2) is 0 Å². The molecular formula is C10H21NO5S. The van der Waals surface area contributed by atoms with Gasteiger partial charge in [-0.3, -0.25) is 4.79 Å². The summed E-state index contributed by atoms with van der Waals surface area (Å²) in [5.74, 6) is -1.12. The van der Waals surface area contributed by atoms with Crippen molar-refractivity contribution in [2.45, 2.75) is 32.6 Å². The van der Waals surface area contributed by atoms with Crippen LogP contribution in [0.3, 0.4) is 0 Å². The molecule has 0 radical (unpaired) electrons. The van der Waals surface area contributed by atoms with Crippen LogP contribution in [-0.2, 0) is 19.6 Å². The molecule has 102 valence electrons. The van der Waals surface area contributed by atoms with E-state index in [1.165, 1.54) is 0 Å². The van der Waals surface area contributed by atoms with Crippen molar-refractivity contribution in [1.29, 1.82) is 0 Å². The van der Waals surface area contributed by atoms with Gasteiger partial charge in [0.1, 0.15) is 0 Å². The minimum absolute atomic E-state index is 0.124. The van der Waals surface area contributed by atoms with Gasteiger partial charge in [0.25, 0.3) is 0 Å². The van der Waals surface area contributed by atoms with E-state index in [1.54, 1.807) is 0 Å². The van der Waals surface area contributed by atoms with Crippen molar-refractivity contribution in [2.24, 2.45) is 0 Å². The van der Waals surface area contributed by atoms with E-state index < -0.39 is 16.0 Å². The Balaban J connectivity index is 3.54. The topological polar surface area (TPSA) is 92.7 Å². The summed E-state index contributed by atoms with van der Waals surface area (Å²) in [5.41, 5.74) is 0. The van der Waals surface area contributed by atoms with Gasteiger partial charge in [0.05, 0.1) is 5.75 Å². The molecule has 6 nitrogen and oxygen atoms in total. The highest BCUT2D eigenvalue weighted by Gasteiger charge is 2.10. The third-order valence-corrected chi connectivity index (χ3v) is 3.41. The summed E-state index contributed by atoms with van der Waals surface area (Å²) in [7, 11) is -3.34. The van der Waals surface area contributed by atoms with Gasteiger partial charge in [0.2, 0.25) is 10.0 Å².